The van der Waals surface area contributed by atoms with Crippen LogP contribution in [0, 0.1) is 0 Å². The van der Waals surface area contributed by atoms with E-state index < -0.39 is 0 Å². The molecule has 1 atom stereocenters. The van der Waals surface area contributed by atoms with Crippen LogP contribution >= 0.6 is 6.93 Å². The zero-order valence-electron chi connectivity index (χ0n) is 2.44. The first-order chi connectivity index (χ1) is 1.00. The smallest absolute Gasteiger partial charge is 0 e. The summed E-state index contributed by atoms with van der Waals surface area (Å²) >= 11 is 1.67. The SMILES string of the molecule is P[TeH].[BiH3].[Zn]. The first-order valence-corrected chi connectivity index (χ1v) is 5.20. The van der Waals surface area contributed by atoms with Crippen molar-refractivity contribution >= 4 is 54.9 Å². The summed E-state index contributed by atoms with van der Waals surface area (Å²) in [6.07, 6.45) is 0. The molecule has 0 radical (unpaired) electrons. The predicted molar refractivity (Wildman–Crippen MR) is 26.8 cm³/mol. The Balaban J connectivity index is -0.00000000500. The van der Waals surface area contributed by atoms with Crippen LogP contribution in [0.3, 0.4) is 0 Å². The molecule has 0 saturated carbocycles. The second-order valence-electron chi connectivity index (χ2n) is 0. The zero-order valence-corrected chi connectivity index (χ0v) is 14.6. The van der Waals surface area contributed by atoms with E-state index >= 15 is 0 Å². The summed E-state index contributed by atoms with van der Waals surface area (Å²) in [5.74, 6) is 0. The van der Waals surface area contributed by atoms with Crippen LogP contribution < -0.4 is 0 Å². The van der Waals surface area contributed by atoms with Gasteiger partial charge in [0.05, 0.1) is 0 Å². The zero-order chi connectivity index (χ0) is 2.00. The Bertz CT molecular complexity index is 8.00. The molecule has 0 aliphatic heterocycles. The van der Waals surface area contributed by atoms with Crippen LogP contribution in [0.15, 0.2) is 0 Å². The fourth-order valence-electron chi connectivity index (χ4n) is 0. The molecule has 0 aromatic carbocycles. The van der Waals surface area contributed by atoms with Crippen molar-refractivity contribution in [3.63, 3.8) is 0 Å². The van der Waals surface area contributed by atoms with Gasteiger partial charge in [0.25, 0.3) is 0 Å². The molecule has 0 N–H and O–H groups in total. The molecule has 1 unspecified atom stereocenters. The van der Waals surface area contributed by atoms with Gasteiger partial charge in [-0.05, 0) is 0 Å². The van der Waals surface area contributed by atoms with Crippen molar-refractivity contribution in [2.75, 3.05) is 0 Å². The molecule has 0 rings (SSSR count). The van der Waals surface area contributed by atoms with E-state index in [4.69, 9.17) is 0 Å². The Morgan fingerprint density at radius 1 is 1.25 bits per heavy atom. The van der Waals surface area contributed by atoms with E-state index in [2.05, 4.69) is 6.93 Å². The van der Waals surface area contributed by atoms with Gasteiger partial charge in [-0.25, -0.2) is 0 Å². The van der Waals surface area contributed by atoms with E-state index in [1.807, 2.05) is 0 Å². The minimum atomic E-state index is 0. The molecule has 0 bridgehead atoms. The number of hydrogen-bond acceptors (Lipinski definition) is 0. The van der Waals surface area contributed by atoms with E-state index in [0.29, 0.717) is 0 Å². The maximum absolute atomic E-state index is 2.47. The van der Waals surface area contributed by atoms with Gasteiger partial charge >= 0.3 is 54.9 Å². The summed E-state index contributed by atoms with van der Waals surface area (Å²) in [6, 6.07) is 0. The Morgan fingerprint density at radius 2 is 1.25 bits per heavy atom. The van der Waals surface area contributed by atoms with Gasteiger partial charge in [0.1, 0.15) is 0 Å². The molecule has 4 heavy (non-hydrogen) atoms. The first-order valence-electron chi connectivity index (χ1n) is 0.258. The monoisotopic (exact) mass is 440 g/mol. The molecular formula is H6BiPTeZn. The third kappa shape index (κ3) is 8.83. The average molecular weight is 439 g/mol. The normalized spacial score (nSPS) is 1.50. The van der Waals surface area contributed by atoms with E-state index in [1.54, 1.807) is 21.7 Å². The summed E-state index contributed by atoms with van der Waals surface area (Å²) in [6.45, 7) is 2.47. The molecule has 0 saturated heterocycles. The van der Waals surface area contributed by atoms with Gasteiger partial charge in [-0.15, -0.1) is 0 Å². The van der Waals surface area contributed by atoms with Gasteiger partial charge in [-0.2, -0.15) is 0 Å². The van der Waals surface area contributed by atoms with Crippen molar-refractivity contribution in [2.24, 2.45) is 0 Å². The second kappa shape index (κ2) is 17.2. The molecule has 0 heterocycles. The Hall–Kier alpha value is 2.73. The molecule has 0 aliphatic carbocycles. The quantitative estimate of drug-likeness (QED) is 0.319. The maximum atomic E-state index is 2.47. The Kier molecular flexibility index (Phi) is 68.3. The van der Waals surface area contributed by atoms with E-state index in [1.165, 1.54) is 0 Å². The molecule has 4 heteroatoms. The molecular weight excluding hydrogens is 433 g/mol. The minimum Gasteiger partial charge on any atom is 0 e. The number of rotatable bonds is 0. The molecule has 0 spiro atoms. The Labute approximate surface area is 73.2 Å². The molecule has 0 aromatic heterocycles. The van der Waals surface area contributed by atoms with Gasteiger partial charge in [-0.1, -0.05) is 0 Å². The average Bonchev–Trinajstić information content (AvgIpc) is 1.00. The summed E-state index contributed by atoms with van der Waals surface area (Å²) in [4.78, 5) is 0. The van der Waals surface area contributed by atoms with E-state index in [-0.39, 0.29) is 45.7 Å². The standard InChI is InChI=1S/Bi.H3PTe.Zn.3H/c;1-2;;;;/h;2H,1H2;;;;. The summed E-state index contributed by atoms with van der Waals surface area (Å²) in [5.41, 5.74) is 0. The van der Waals surface area contributed by atoms with Gasteiger partial charge in [0, 0.05) is 19.5 Å². The van der Waals surface area contributed by atoms with E-state index in [0.717, 1.165) is 0 Å². The maximum Gasteiger partial charge on any atom is 0 e. The topological polar surface area (TPSA) is 0 Å². The van der Waals surface area contributed by atoms with Crippen molar-refractivity contribution in [1.82, 2.24) is 0 Å². The van der Waals surface area contributed by atoms with Crippen LogP contribution in [-0.2, 0) is 19.5 Å². The van der Waals surface area contributed by atoms with Gasteiger partial charge in [-0.3, -0.25) is 0 Å². The fraction of sp³-hybridized carbons (Fsp3) is 0. The fourth-order valence-corrected chi connectivity index (χ4v) is 0. The summed E-state index contributed by atoms with van der Waals surface area (Å²) in [5, 5.41) is 0. The van der Waals surface area contributed by atoms with Gasteiger partial charge in [0.2, 0.25) is 0 Å². The van der Waals surface area contributed by atoms with Crippen LogP contribution in [0.4, 0.5) is 0 Å². The van der Waals surface area contributed by atoms with Crippen LogP contribution in [0.2, 0.25) is 0 Å². The van der Waals surface area contributed by atoms with Crippen molar-refractivity contribution in [3.05, 3.63) is 0 Å². The van der Waals surface area contributed by atoms with Crippen molar-refractivity contribution in [2.45, 2.75) is 0 Å². The van der Waals surface area contributed by atoms with Gasteiger partial charge in [0.15, 0.2) is 0 Å². The summed E-state index contributed by atoms with van der Waals surface area (Å²) in [7, 11) is 0. The third-order valence-corrected chi connectivity index (χ3v) is 0. The molecule has 0 nitrogen and oxygen atoms in total. The molecule has 0 fully saturated rings. The third-order valence-electron chi connectivity index (χ3n) is 0. The molecule has 0 amide bonds. The van der Waals surface area contributed by atoms with Gasteiger partial charge < -0.3 is 0 Å². The minimum absolute atomic E-state index is 0. The second-order valence-corrected chi connectivity index (χ2v) is 0. The largest absolute Gasteiger partial charge is 0 e. The number of hydrogen-bond donors (Lipinski definition) is 0. The van der Waals surface area contributed by atoms with Crippen molar-refractivity contribution in [1.29, 1.82) is 0 Å². The van der Waals surface area contributed by atoms with E-state index in [9.17, 15) is 0 Å². The molecule has 24 valence electrons. The van der Waals surface area contributed by atoms with Crippen LogP contribution in [0.25, 0.3) is 0 Å². The van der Waals surface area contributed by atoms with Crippen LogP contribution in [-0.4, -0.2) is 48.0 Å². The van der Waals surface area contributed by atoms with Crippen molar-refractivity contribution in [3.8, 4) is 0 Å². The first kappa shape index (κ1) is 15.9. The molecule has 0 aliphatic rings. The summed E-state index contributed by atoms with van der Waals surface area (Å²) < 4.78 is 0. The van der Waals surface area contributed by atoms with Crippen LogP contribution in [0.1, 0.15) is 0 Å². The van der Waals surface area contributed by atoms with Crippen LogP contribution in [0.5, 0.6) is 0 Å². The van der Waals surface area contributed by atoms with Crippen molar-refractivity contribution < 1.29 is 19.5 Å². The predicted octanol–water partition coefficient (Wildman–Crippen LogP) is -1.51. The Morgan fingerprint density at radius 3 is 1.25 bits per heavy atom. The molecule has 0 aromatic rings.